The van der Waals surface area contributed by atoms with Crippen LogP contribution in [0.2, 0.25) is 0 Å². The van der Waals surface area contributed by atoms with Gasteiger partial charge in [0.25, 0.3) is 0 Å². The number of rotatable bonds is 5. The van der Waals surface area contributed by atoms with E-state index < -0.39 is 57.1 Å². The number of likely N-dealkylation sites (N-methyl/N-ethyl adjacent to an activating group) is 1. The van der Waals surface area contributed by atoms with E-state index in [1.807, 2.05) is 0 Å². The lowest BCUT2D eigenvalue weighted by molar-refractivity contribution is 0.177. The van der Waals surface area contributed by atoms with Gasteiger partial charge in [0.1, 0.15) is 6.61 Å². The fourth-order valence-electron chi connectivity index (χ4n) is 2.04. The predicted molar refractivity (Wildman–Crippen MR) is 82.5 cm³/mol. The van der Waals surface area contributed by atoms with E-state index in [1.54, 1.807) is 0 Å². The number of fused-ring (bicyclic) bond motifs is 1. The maximum atomic E-state index is 11.4. The van der Waals surface area contributed by atoms with Gasteiger partial charge in [-0.1, -0.05) is 6.04 Å². The van der Waals surface area contributed by atoms with Gasteiger partial charge in [0.2, 0.25) is 0 Å². The average molecular weight is 299 g/mol. The van der Waals surface area contributed by atoms with Crippen LogP contribution in [0.1, 0.15) is 27.6 Å². The molecule has 0 radical (unpaired) electrons. The van der Waals surface area contributed by atoms with Crippen LogP contribution in [0.15, 0.2) is 24.3 Å². The van der Waals surface area contributed by atoms with Crippen molar-refractivity contribution in [2.24, 2.45) is 0 Å². The average Bonchev–Trinajstić information content (AvgIpc) is 3.24. The summed E-state index contributed by atoms with van der Waals surface area (Å²) in [5, 5.41) is 2.12. The van der Waals surface area contributed by atoms with Crippen LogP contribution in [-0.4, -0.2) is 49.1 Å². The number of alkyl carbamates (subject to hydrolysis) is 1. The number of hydrogen-bond acceptors (Lipinski definition) is 3. The smallest absolute Gasteiger partial charge is 0.407 e. The van der Waals surface area contributed by atoms with Crippen molar-refractivity contribution in [2.45, 2.75) is 18.8 Å². The van der Waals surface area contributed by atoms with Gasteiger partial charge in [-0.15, -0.1) is 0 Å². The number of cyclic esters (lactones) is 1. The first-order valence-electron chi connectivity index (χ1n) is 12.2. The number of carbonyl (C=O) groups excluding carboxylic acids is 1. The third kappa shape index (κ3) is 3.19. The first-order chi connectivity index (χ1) is 14.9. The monoisotopic (exact) mass is 299 g/mol. The van der Waals surface area contributed by atoms with Gasteiger partial charge in [0, 0.05) is 34.6 Å². The summed E-state index contributed by atoms with van der Waals surface area (Å²) in [5.41, 5.74) is -0.442. The maximum Gasteiger partial charge on any atom is 0.407 e. The minimum Gasteiger partial charge on any atom is -0.447 e. The molecular formula is C16H21N3O2. The van der Waals surface area contributed by atoms with Gasteiger partial charge in [0.05, 0.1) is 11.5 Å². The summed E-state index contributed by atoms with van der Waals surface area (Å²) in [5.74, 6) is 0. The second kappa shape index (κ2) is 5.77. The second-order valence-electron chi connectivity index (χ2n) is 4.55. The standard InChI is InChI=1S/C16H21N3O2/c1-19(2)6-5-12-9-17-15-4-3-11(8-14(12)15)7-13-10-21-16(20)18-13/h3-4,8-9,13,17H,5-7,10H2,1-2H3,(H,18,20)/t13-/m0/s1/i1D3,2D3,3D,4D,5D2,8D,13D. The molecule has 1 amide bonds. The number of nitrogens with one attached hydrogen (secondary N) is 2. The van der Waals surface area contributed by atoms with Crippen LogP contribution in [0.4, 0.5) is 4.79 Å². The van der Waals surface area contributed by atoms with Gasteiger partial charge < -0.3 is 19.9 Å². The number of aromatic nitrogens is 1. The zero-order valence-electron chi connectivity index (χ0n) is 23.0. The Kier molecular flexibility index (Phi) is 1.55. The lowest BCUT2D eigenvalue weighted by Gasteiger charge is -2.09. The van der Waals surface area contributed by atoms with Crippen LogP contribution in [-0.2, 0) is 17.5 Å². The molecule has 0 saturated carbocycles. The Morgan fingerprint density at radius 2 is 2.52 bits per heavy atom. The van der Waals surface area contributed by atoms with Crippen LogP contribution in [0.25, 0.3) is 10.9 Å². The number of carbonyl (C=O) groups is 1. The van der Waals surface area contributed by atoms with Gasteiger partial charge in [-0.05, 0) is 50.0 Å². The van der Waals surface area contributed by atoms with Crippen molar-refractivity contribution in [1.29, 1.82) is 0 Å². The summed E-state index contributed by atoms with van der Waals surface area (Å²) in [6.07, 6.45) is -2.70. The summed E-state index contributed by atoms with van der Waals surface area (Å²) >= 11 is 0. The van der Waals surface area contributed by atoms with Crippen molar-refractivity contribution < 1.29 is 26.0 Å². The highest BCUT2D eigenvalue weighted by molar-refractivity contribution is 5.84. The first-order valence-corrected chi connectivity index (χ1v) is 6.20. The molecule has 1 atom stereocenters. The Labute approximate surface area is 141 Å². The molecular weight excluding hydrogens is 266 g/mol. The lowest BCUT2D eigenvalue weighted by atomic mass is 10.0. The summed E-state index contributed by atoms with van der Waals surface area (Å²) in [7, 11) is 0. The molecule has 1 saturated heterocycles. The Bertz CT molecular complexity index is 1080. The van der Waals surface area contributed by atoms with Crippen LogP contribution < -0.4 is 5.32 Å². The first kappa shape index (κ1) is 5.65. The van der Waals surface area contributed by atoms with Gasteiger partial charge in [0.15, 0.2) is 0 Å². The van der Waals surface area contributed by atoms with E-state index in [0.717, 1.165) is 6.20 Å². The van der Waals surface area contributed by atoms with Crippen molar-refractivity contribution in [1.82, 2.24) is 15.2 Å². The number of ether oxygens (including phenoxy) is 1. The molecule has 0 unspecified atom stereocenters. The second-order valence-corrected chi connectivity index (χ2v) is 4.55. The number of benzene rings is 1. The largest absolute Gasteiger partial charge is 0.447 e. The molecule has 1 aromatic carbocycles. The Morgan fingerprint density at radius 1 is 1.62 bits per heavy atom. The van der Waals surface area contributed by atoms with Gasteiger partial charge in [-0.3, -0.25) is 0 Å². The van der Waals surface area contributed by atoms with Gasteiger partial charge >= 0.3 is 6.09 Å². The Balaban J connectivity index is 2.13. The fraction of sp³-hybridized carbons (Fsp3) is 0.438. The molecule has 3 rings (SSSR count). The minimum atomic E-state index is -3.13. The van der Waals surface area contributed by atoms with Crippen LogP contribution in [0.3, 0.4) is 0 Å². The molecule has 21 heavy (non-hydrogen) atoms. The quantitative estimate of drug-likeness (QED) is 0.887. The normalized spacial score (nSPS) is 32.0. The summed E-state index contributed by atoms with van der Waals surface area (Å²) in [6.45, 7) is -7.69. The highest BCUT2D eigenvalue weighted by Crippen LogP contribution is 2.21. The zero-order valence-corrected chi connectivity index (χ0v) is 11.0. The van der Waals surface area contributed by atoms with Crippen LogP contribution in [0, 0.1) is 0 Å². The predicted octanol–water partition coefficient (Wildman–Crippen LogP) is 1.92. The molecule has 2 N–H and O–H groups in total. The van der Waals surface area contributed by atoms with Crippen molar-refractivity contribution in [3.63, 3.8) is 0 Å². The number of hydrogen-bond donors (Lipinski definition) is 2. The molecule has 5 heteroatoms. The highest BCUT2D eigenvalue weighted by atomic mass is 16.6. The van der Waals surface area contributed by atoms with Crippen molar-refractivity contribution in [2.75, 3.05) is 27.1 Å². The van der Waals surface area contributed by atoms with Gasteiger partial charge in [-0.2, -0.15) is 0 Å². The summed E-state index contributed by atoms with van der Waals surface area (Å²) in [4.78, 5) is 14.1. The number of aromatic amines is 1. The number of nitrogens with zero attached hydrogens (tertiary/aromatic N) is 1. The van der Waals surface area contributed by atoms with E-state index in [4.69, 9.17) is 21.2 Å². The van der Waals surface area contributed by atoms with Gasteiger partial charge in [-0.25, -0.2) is 4.79 Å². The molecule has 1 aromatic heterocycles. The van der Waals surface area contributed by atoms with Crippen molar-refractivity contribution in [3.05, 3.63) is 35.5 Å². The van der Waals surface area contributed by atoms with Crippen molar-refractivity contribution >= 4 is 17.0 Å². The molecule has 0 bridgehead atoms. The van der Waals surface area contributed by atoms with Crippen LogP contribution >= 0.6 is 0 Å². The molecule has 2 aromatic rings. The molecule has 1 aliphatic heterocycles. The molecule has 112 valence electrons. The highest BCUT2D eigenvalue weighted by Gasteiger charge is 2.22. The zero-order chi connectivity index (χ0) is 25.1. The van der Waals surface area contributed by atoms with Crippen LogP contribution in [0.5, 0.6) is 0 Å². The summed E-state index contributed by atoms with van der Waals surface area (Å²) in [6, 6.07) is -2.89. The van der Waals surface area contributed by atoms with Crippen molar-refractivity contribution in [3.8, 4) is 0 Å². The SMILES string of the molecule is [2H]c1c(C[C@@]2([2H])COC(=O)N2)c([2H])c2c(C([2H])([2H])CN(C([2H])([2H])[2H])C([2H])([2H])[2H])c[nH]c2c1[2H]. The fourth-order valence-corrected chi connectivity index (χ4v) is 2.04. The van der Waals surface area contributed by atoms with E-state index in [2.05, 4.69) is 10.3 Å². The molecule has 5 nitrogen and oxygen atoms in total. The third-order valence-electron chi connectivity index (χ3n) is 2.97. The Morgan fingerprint density at radius 3 is 3.29 bits per heavy atom. The van der Waals surface area contributed by atoms with E-state index in [-0.39, 0.29) is 40.0 Å². The van der Waals surface area contributed by atoms with E-state index in [1.165, 1.54) is 0 Å². The minimum absolute atomic E-state index is 0.0623. The van der Waals surface area contributed by atoms with E-state index >= 15 is 0 Å². The lowest BCUT2D eigenvalue weighted by Crippen LogP contribution is -2.28. The topological polar surface area (TPSA) is 57.4 Å². The Hall–Kier alpha value is -2.01. The molecule has 1 aliphatic rings. The third-order valence-corrected chi connectivity index (χ3v) is 2.97. The maximum absolute atomic E-state index is 11.4. The molecule has 0 spiro atoms. The summed E-state index contributed by atoms with van der Waals surface area (Å²) < 4.78 is 99.9. The molecule has 1 fully saturated rings. The van der Waals surface area contributed by atoms with E-state index in [9.17, 15) is 4.79 Å². The molecule has 2 heterocycles. The number of amides is 1. The van der Waals surface area contributed by atoms with E-state index in [0.29, 0.717) is 0 Å². The number of H-pyrrole nitrogens is 1. The molecule has 0 aliphatic carbocycles.